The Morgan fingerprint density at radius 1 is 1.18 bits per heavy atom. The zero-order valence-electron chi connectivity index (χ0n) is 17.5. The first-order valence-corrected chi connectivity index (χ1v) is 10.0. The van der Waals surface area contributed by atoms with E-state index in [0.717, 1.165) is 47.1 Å². The van der Waals surface area contributed by atoms with Crippen molar-refractivity contribution in [3.8, 4) is 0 Å². The van der Waals surface area contributed by atoms with Gasteiger partial charge in [0.2, 0.25) is 0 Å². The van der Waals surface area contributed by atoms with Crippen molar-refractivity contribution in [3.63, 3.8) is 0 Å². The van der Waals surface area contributed by atoms with E-state index in [-0.39, 0.29) is 6.09 Å². The number of ether oxygens (including phenoxy) is 1. The number of hydrogen-bond donors (Lipinski definition) is 0. The van der Waals surface area contributed by atoms with Gasteiger partial charge < -0.3 is 14.2 Å². The minimum absolute atomic E-state index is 0.313. The molecule has 28 heavy (non-hydrogen) atoms. The minimum atomic E-state index is -0.521. The summed E-state index contributed by atoms with van der Waals surface area (Å²) in [6.07, 6.45) is 3.65. The molecule has 0 saturated carbocycles. The van der Waals surface area contributed by atoms with Gasteiger partial charge in [-0.05, 0) is 40.2 Å². The van der Waals surface area contributed by atoms with Crippen molar-refractivity contribution in [2.45, 2.75) is 66.2 Å². The topological polar surface area (TPSA) is 60.2 Å². The number of fused-ring (bicyclic) bond motifs is 3. The van der Waals surface area contributed by atoms with Crippen LogP contribution in [-0.4, -0.2) is 37.7 Å². The molecule has 2 aromatic heterocycles. The van der Waals surface area contributed by atoms with E-state index in [0.29, 0.717) is 13.1 Å². The first-order valence-electron chi connectivity index (χ1n) is 10.0. The summed E-state index contributed by atoms with van der Waals surface area (Å²) in [4.78, 5) is 23.7. The van der Waals surface area contributed by atoms with Crippen LogP contribution in [0.1, 0.15) is 53.3 Å². The summed E-state index contributed by atoms with van der Waals surface area (Å²) >= 11 is 0. The number of amides is 1. The second-order valence-corrected chi connectivity index (χ2v) is 8.04. The molecule has 0 aliphatic rings. The highest BCUT2D eigenvalue weighted by atomic mass is 16.6. The predicted molar refractivity (Wildman–Crippen MR) is 112 cm³/mol. The summed E-state index contributed by atoms with van der Waals surface area (Å²) in [6.45, 7) is 11.6. The molecule has 0 saturated heterocycles. The smallest absolute Gasteiger partial charge is 0.410 e. The monoisotopic (exact) mass is 382 g/mol. The Morgan fingerprint density at radius 3 is 2.61 bits per heavy atom. The Hall–Kier alpha value is -2.63. The summed E-state index contributed by atoms with van der Waals surface area (Å²) in [5, 5.41) is 1.09. The van der Waals surface area contributed by atoms with Crippen molar-refractivity contribution in [1.82, 2.24) is 19.4 Å². The molecular weight excluding hydrogens is 352 g/mol. The normalized spacial score (nSPS) is 11.9. The molecule has 0 aliphatic carbocycles. The minimum Gasteiger partial charge on any atom is -0.444 e. The van der Waals surface area contributed by atoms with Gasteiger partial charge in [0.05, 0.1) is 23.8 Å². The quantitative estimate of drug-likeness (QED) is 0.592. The Morgan fingerprint density at radius 2 is 1.93 bits per heavy atom. The van der Waals surface area contributed by atoms with Gasteiger partial charge in [-0.25, -0.2) is 9.78 Å². The number of para-hydroxylation sites is 1. The average molecular weight is 383 g/mol. The lowest BCUT2D eigenvalue weighted by atomic mass is 10.2. The molecule has 1 amide bonds. The molecule has 0 N–H and O–H groups in total. The van der Waals surface area contributed by atoms with Gasteiger partial charge in [0.1, 0.15) is 16.9 Å². The van der Waals surface area contributed by atoms with Gasteiger partial charge >= 0.3 is 6.09 Å². The number of rotatable bonds is 6. The van der Waals surface area contributed by atoms with Crippen LogP contribution in [0.2, 0.25) is 0 Å². The van der Waals surface area contributed by atoms with Crippen LogP contribution in [0.5, 0.6) is 0 Å². The van der Waals surface area contributed by atoms with Gasteiger partial charge in [-0.1, -0.05) is 31.5 Å². The number of hydrogen-bond acceptors (Lipinski definition) is 4. The number of carbonyl (C=O) groups is 1. The van der Waals surface area contributed by atoms with Gasteiger partial charge in [-0.3, -0.25) is 4.98 Å². The van der Waals surface area contributed by atoms with Gasteiger partial charge in [0, 0.05) is 18.5 Å². The van der Waals surface area contributed by atoms with Crippen LogP contribution in [0.4, 0.5) is 4.79 Å². The first kappa shape index (κ1) is 20.1. The maximum Gasteiger partial charge on any atom is 0.410 e. The molecule has 6 heteroatoms. The van der Waals surface area contributed by atoms with Crippen LogP contribution in [0.15, 0.2) is 30.5 Å². The highest BCUT2D eigenvalue weighted by Gasteiger charge is 2.23. The molecule has 0 radical (unpaired) electrons. The lowest BCUT2D eigenvalue weighted by molar-refractivity contribution is 0.0238. The molecular formula is C22H30N4O2. The highest BCUT2D eigenvalue weighted by molar-refractivity contribution is 6.02. The second kappa shape index (κ2) is 8.17. The summed E-state index contributed by atoms with van der Waals surface area (Å²) in [6, 6.07) is 8.13. The van der Waals surface area contributed by atoms with Gasteiger partial charge in [-0.2, -0.15) is 0 Å². The number of nitrogens with zero attached hydrogens (tertiary/aromatic N) is 4. The predicted octanol–water partition coefficient (Wildman–Crippen LogP) is 5.14. The molecule has 3 aromatic rings. The van der Waals surface area contributed by atoms with E-state index < -0.39 is 5.60 Å². The fourth-order valence-corrected chi connectivity index (χ4v) is 3.29. The molecule has 6 nitrogen and oxygen atoms in total. The van der Waals surface area contributed by atoms with Crippen LogP contribution in [0.25, 0.3) is 21.9 Å². The molecule has 0 bridgehead atoms. The Balaban J connectivity index is 2.04. The van der Waals surface area contributed by atoms with E-state index >= 15 is 0 Å². The van der Waals surface area contributed by atoms with Crippen molar-refractivity contribution in [3.05, 3.63) is 36.3 Å². The molecule has 0 fully saturated rings. The van der Waals surface area contributed by atoms with E-state index in [9.17, 15) is 4.79 Å². The molecule has 0 spiro atoms. The maximum atomic E-state index is 12.6. The van der Waals surface area contributed by atoms with Crippen LogP contribution >= 0.6 is 0 Å². The zero-order chi connectivity index (χ0) is 20.3. The van der Waals surface area contributed by atoms with Crippen molar-refractivity contribution >= 4 is 28.0 Å². The molecule has 0 atom stereocenters. The fourth-order valence-electron chi connectivity index (χ4n) is 3.29. The Labute approximate surface area is 166 Å². The van der Waals surface area contributed by atoms with Crippen LogP contribution < -0.4 is 0 Å². The molecule has 150 valence electrons. The first-order chi connectivity index (χ1) is 13.3. The van der Waals surface area contributed by atoms with Crippen molar-refractivity contribution in [2.75, 3.05) is 6.54 Å². The SMILES string of the molecule is CCCCn1c(CN(CC)C(=O)OC(C)(C)C)nc2cnc3ccccc3c21. The van der Waals surface area contributed by atoms with Gasteiger partial charge in [0.25, 0.3) is 0 Å². The summed E-state index contributed by atoms with van der Waals surface area (Å²) < 4.78 is 7.81. The van der Waals surface area contributed by atoms with Crippen molar-refractivity contribution in [2.24, 2.45) is 0 Å². The Kier molecular flexibility index (Phi) is 5.87. The second-order valence-electron chi connectivity index (χ2n) is 8.04. The molecule has 2 heterocycles. The number of imidazole rings is 1. The molecule has 3 rings (SSSR count). The van der Waals surface area contributed by atoms with E-state index in [2.05, 4.69) is 22.5 Å². The third-order valence-electron chi connectivity index (χ3n) is 4.66. The average Bonchev–Trinajstić information content (AvgIpc) is 3.00. The van der Waals surface area contributed by atoms with Crippen LogP contribution in [-0.2, 0) is 17.8 Å². The zero-order valence-corrected chi connectivity index (χ0v) is 17.5. The fraction of sp³-hybridized carbons (Fsp3) is 0.500. The third kappa shape index (κ3) is 4.26. The number of pyridine rings is 1. The lowest BCUT2D eigenvalue weighted by Gasteiger charge is -2.26. The maximum absolute atomic E-state index is 12.6. The molecule has 0 aliphatic heterocycles. The summed E-state index contributed by atoms with van der Waals surface area (Å²) in [5.41, 5.74) is 2.39. The van der Waals surface area contributed by atoms with Crippen LogP contribution in [0.3, 0.4) is 0 Å². The summed E-state index contributed by atoms with van der Waals surface area (Å²) in [5.74, 6) is 0.870. The van der Waals surface area contributed by atoms with E-state index in [4.69, 9.17) is 9.72 Å². The van der Waals surface area contributed by atoms with Gasteiger partial charge in [0.15, 0.2) is 0 Å². The van der Waals surface area contributed by atoms with E-state index in [1.54, 1.807) is 4.90 Å². The van der Waals surface area contributed by atoms with E-state index in [1.165, 1.54) is 0 Å². The standard InChI is InChI=1S/C22H30N4O2/c1-6-8-13-26-19(15-25(7-2)21(27)28-22(3,4)5)24-18-14-23-17-12-10-9-11-16(17)20(18)26/h9-12,14H,6-8,13,15H2,1-5H3. The highest BCUT2D eigenvalue weighted by Crippen LogP contribution is 2.26. The van der Waals surface area contributed by atoms with Crippen molar-refractivity contribution < 1.29 is 9.53 Å². The third-order valence-corrected chi connectivity index (χ3v) is 4.66. The van der Waals surface area contributed by atoms with E-state index in [1.807, 2.05) is 52.1 Å². The molecule has 0 unspecified atom stereocenters. The number of benzene rings is 1. The number of unbranched alkanes of at least 4 members (excludes halogenated alkanes) is 1. The molecule has 1 aromatic carbocycles. The Bertz CT molecular complexity index is 972. The summed E-state index contributed by atoms with van der Waals surface area (Å²) in [7, 11) is 0. The van der Waals surface area contributed by atoms with Crippen molar-refractivity contribution in [1.29, 1.82) is 0 Å². The van der Waals surface area contributed by atoms with Gasteiger partial charge in [-0.15, -0.1) is 0 Å². The largest absolute Gasteiger partial charge is 0.444 e. The number of carbonyl (C=O) groups excluding carboxylic acids is 1. The lowest BCUT2D eigenvalue weighted by Crippen LogP contribution is -2.37. The van der Waals surface area contributed by atoms with Crippen LogP contribution in [0, 0.1) is 0 Å². The number of aromatic nitrogens is 3. The number of aryl methyl sites for hydroxylation is 1.